The van der Waals surface area contributed by atoms with Crippen LogP contribution >= 0.6 is 23.2 Å². The Kier molecular flexibility index (Phi) is 4.92. The van der Waals surface area contributed by atoms with E-state index < -0.39 is 0 Å². The number of ether oxygens (including phenoxy) is 1. The summed E-state index contributed by atoms with van der Waals surface area (Å²) < 4.78 is 5.95. The Hall–Kier alpha value is -1.22. The van der Waals surface area contributed by atoms with E-state index in [2.05, 4.69) is 5.32 Å². The van der Waals surface area contributed by atoms with E-state index in [-0.39, 0.29) is 0 Å². The first-order chi connectivity index (χ1) is 9.51. The molecule has 0 atom stereocenters. The minimum Gasteiger partial charge on any atom is -0.457 e. The number of hydrogen-bond acceptors (Lipinski definition) is 2. The summed E-state index contributed by atoms with van der Waals surface area (Å²) in [6.45, 7) is 4.69. The number of halogens is 2. The summed E-state index contributed by atoms with van der Waals surface area (Å²) in [5.74, 6) is 1.55. The van der Waals surface area contributed by atoms with Crippen molar-refractivity contribution in [1.82, 2.24) is 5.32 Å². The fourth-order valence-corrected chi connectivity index (χ4v) is 2.67. The molecule has 2 rings (SSSR count). The lowest BCUT2D eigenvalue weighted by atomic mass is 10.1. The van der Waals surface area contributed by atoms with Gasteiger partial charge in [-0.05, 0) is 61.9 Å². The molecule has 0 saturated heterocycles. The molecule has 1 N–H and O–H groups in total. The zero-order chi connectivity index (χ0) is 14.7. The lowest BCUT2D eigenvalue weighted by molar-refractivity contribution is 0.475. The predicted octanol–water partition coefficient (Wildman–Crippen LogP) is 5.12. The van der Waals surface area contributed by atoms with Gasteiger partial charge in [0, 0.05) is 16.6 Å². The van der Waals surface area contributed by atoms with Gasteiger partial charge in [0.05, 0.1) is 0 Å². The van der Waals surface area contributed by atoms with Crippen LogP contribution in [0.25, 0.3) is 0 Å². The Balaban J connectivity index is 2.29. The van der Waals surface area contributed by atoms with Gasteiger partial charge in [-0.15, -0.1) is 0 Å². The first-order valence-electron chi connectivity index (χ1n) is 6.39. The fourth-order valence-electron chi connectivity index (χ4n) is 2.10. The van der Waals surface area contributed by atoms with Gasteiger partial charge in [0.2, 0.25) is 0 Å². The van der Waals surface area contributed by atoms with Gasteiger partial charge in [0.25, 0.3) is 0 Å². The summed E-state index contributed by atoms with van der Waals surface area (Å²) in [7, 11) is 1.89. The van der Waals surface area contributed by atoms with Gasteiger partial charge in [-0.3, -0.25) is 0 Å². The van der Waals surface area contributed by atoms with Gasteiger partial charge >= 0.3 is 0 Å². The molecule has 0 amide bonds. The monoisotopic (exact) mass is 309 g/mol. The molecular weight excluding hydrogens is 293 g/mol. The molecular formula is C16H17Cl2NO. The summed E-state index contributed by atoms with van der Waals surface area (Å²) in [5.41, 5.74) is 3.06. The first-order valence-corrected chi connectivity index (χ1v) is 7.14. The standard InChI is InChI=1S/C16H17Cl2NO/c1-10-6-13(17)7-11(2)16(10)20-14-5-4-12(9-19-3)15(18)8-14/h4-8,19H,9H2,1-3H3. The molecule has 0 aromatic heterocycles. The third kappa shape index (κ3) is 3.45. The van der Waals surface area contributed by atoms with E-state index in [1.807, 2.05) is 51.2 Å². The van der Waals surface area contributed by atoms with Gasteiger partial charge in [-0.25, -0.2) is 0 Å². The number of rotatable bonds is 4. The van der Waals surface area contributed by atoms with Crippen molar-refractivity contribution in [3.63, 3.8) is 0 Å². The second-order valence-electron chi connectivity index (χ2n) is 4.75. The van der Waals surface area contributed by atoms with Crippen molar-refractivity contribution < 1.29 is 4.74 Å². The third-order valence-corrected chi connectivity index (χ3v) is 3.61. The molecule has 0 unspecified atom stereocenters. The van der Waals surface area contributed by atoms with Crippen LogP contribution < -0.4 is 10.1 Å². The maximum atomic E-state index is 6.24. The molecule has 2 aromatic rings. The van der Waals surface area contributed by atoms with Crippen LogP contribution in [0.1, 0.15) is 16.7 Å². The van der Waals surface area contributed by atoms with Crippen molar-refractivity contribution in [2.75, 3.05) is 7.05 Å². The number of aryl methyl sites for hydroxylation is 2. The molecule has 0 heterocycles. The Labute approximate surface area is 129 Å². The first kappa shape index (κ1) is 15.2. The summed E-state index contributed by atoms with van der Waals surface area (Å²) in [5, 5.41) is 4.49. The molecule has 0 saturated carbocycles. The van der Waals surface area contributed by atoms with Crippen LogP contribution in [0.15, 0.2) is 30.3 Å². The van der Waals surface area contributed by atoms with Crippen LogP contribution in [0.3, 0.4) is 0 Å². The molecule has 20 heavy (non-hydrogen) atoms. The lowest BCUT2D eigenvalue weighted by Crippen LogP contribution is -2.05. The molecule has 2 nitrogen and oxygen atoms in total. The summed E-state index contributed by atoms with van der Waals surface area (Å²) in [6.07, 6.45) is 0. The van der Waals surface area contributed by atoms with Gasteiger partial charge in [-0.2, -0.15) is 0 Å². The minimum absolute atomic E-state index is 0.695. The van der Waals surface area contributed by atoms with E-state index in [0.29, 0.717) is 5.02 Å². The van der Waals surface area contributed by atoms with Crippen molar-refractivity contribution in [2.24, 2.45) is 0 Å². The Morgan fingerprint density at radius 2 is 1.70 bits per heavy atom. The second-order valence-corrected chi connectivity index (χ2v) is 5.60. The zero-order valence-corrected chi connectivity index (χ0v) is 13.3. The normalized spacial score (nSPS) is 10.7. The quantitative estimate of drug-likeness (QED) is 0.846. The second kappa shape index (κ2) is 6.49. The zero-order valence-electron chi connectivity index (χ0n) is 11.8. The molecule has 0 spiro atoms. The minimum atomic E-state index is 0.695. The molecule has 0 fully saturated rings. The third-order valence-electron chi connectivity index (χ3n) is 3.04. The summed E-state index contributed by atoms with van der Waals surface area (Å²) in [6, 6.07) is 9.50. The molecule has 4 heteroatoms. The van der Waals surface area contributed by atoms with Crippen molar-refractivity contribution in [1.29, 1.82) is 0 Å². The van der Waals surface area contributed by atoms with E-state index in [1.165, 1.54) is 0 Å². The van der Waals surface area contributed by atoms with Gasteiger partial charge in [-0.1, -0.05) is 29.3 Å². The van der Waals surface area contributed by atoms with Crippen molar-refractivity contribution in [3.05, 3.63) is 57.1 Å². The smallest absolute Gasteiger partial charge is 0.133 e. The topological polar surface area (TPSA) is 21.3 Å². The Bertz CT molecular complexity index is 603. The SMILES string of the molecule is CNCc1ccc(Oc2c(C)cc(Cl)cc2C)cc1Cl. The summed E-state index contributed by atoms with van der Waals surface area (Å²) >= 11 is 12.3. The van der Waals surface area contributed by atoms with Crippen molar-refractivity contribution in [3.8, 4) is 11.5 Å². The summed E-state index contributed by atoms with van der Waals surface area (Å²) in [4.78, 5) is 0. The molecule has 2 aromatic carbocycles. The average Bonchev–Trinajstić information content (AvgIpc) is 2.37. The van der Waals surface area contributed by atoms with Crippen molar-refractivity contribution in [2.45, 2.75) is 20.4 Å². The van der Waals surface area contributed by atoms with Gasteiger partial charge in [0.1, 0.15) is 11.5 Å². The van der Waals surface area contributed by atoms with Gasteiger partial charge in [0.15, 0.2) is 0 Å². The highest BCUT2D eigenvalue weighted by molar-refractivity contribution is 6.31. The number of benzene rings is 2. The number of hydrogen-bond donors (Lipinski definition) is 1. The van der Waals surface area contributed by atoms with E-state index in [9.17, 15) is 0 Å². The number of nitrogens with one attached hydrogen (secondary N) is 1. The van der Waals surface area contributed by atoms with Gasteiger partial charge < -0.3 is 10.1 Å². The fraction of sp³-hybridized carbons (Fsp3) is 0.250. The molecule has 0 aliphatic carbocycles. The van der Waals surface area contributed by atoms with Crippen molar-refractivity contribution >= 4 is 23.2 Å². The Morgan fingerprint density at radius 1 is 1.05 bits per heavy atom. The van der Waals surface area contributed by atoms with E-state index in [4.69, 9.17) is 27.9 Å². The van der Waals surface area contributed by atoms with Crippen LogP contribution in [-0.2, 0) is 6.54 Å². The maximum absolute atomic E-state index is 6.24. The predicted molar refractivity (Wildman–Crippen MR) is 85.2 cm³/mol. The largest absolute Gasteiger partial charge is 0.457 e. The molecule has 0 aliphatic rings. The lowest BCUT2D eigenvalue weighted by Gasteiger charge is -2.13. The highest BCUT2D eigenvalue weighted by atomic mass is 35.5. The van der Waals surface area contributed by atoms with E-state index in [1.54, 1.807) is 0 Å². The molecule has 0 bridgehead atoms. The maximum Gasteiger partial charge on any atom is 0.133 e. The highest BCUT2D eigenvalue weighted by Crippen LogP contribution is 2.33. The van der Waals surface area contributed by atoms with Crippen LogP contribution in [0.4, 0.5) is 0 Å². The van der Waals surface area contributed by atoms with Crippen LogP contribution in [0.5, 0.6) is 11.5 Å². The van der Waals surface area contributed by atoms with Crippen LogP contribution in [-0.4, -0.2) is 7.05 Å². The molecule has 106 valence electrons. The highest BCUT2D eigenvalue weighted by Gasteiger charge is 2.08. The van der Waals surface area contributed by atoms with Crippen LogP contribution in [0, 0.1) is 13.8 Å². The average molecular weight is 310 g/mol. The van der Waals surface area contributed by atoms with E-state index >= 15 is 0 Å². The molecule has 0 radical (unpaired) electrons. The van der Waals surface area contributed by atoms with E-state index in [0.717, 1.165) is 39.8 Å². The van der Waals surface area contributed by atoms with Crippen LogP contribution in [0.2, 0.25) is 10.0 Å². The molecule has 0 aliphatic heterocycles. The Morgan fingerprint density at radius 3 is 2.25 bits per heavy atom.